The van der Waals surface area contributed by atoms with Crippen molar-refractivity contribution in [3.8, 4) is 11.4 Å². The number of carbonyl (C=O) groups is 1. The number of fused-ring (bicyclic) bond motifs is 1. The van der Waals surface area contributed by atoms with Gasteiger partial charge in [-0.25, -0.2) is 4.68 Å². The highest BCUT2D eigenvalue weighted by molar-refractivity contribution is 6.30. The average Bonchev–Trinajstić information content (AvgIpc) is 3.46. The molecule has 0 radical (unpaired) electrons. The molecule has 1 saturated carbocycles. The van der Waals surface area contributed by atoms with Crippen LogP contribution in [-0.2, 0) is 18.4 Å². The van der Waals surface area contributed by atoms with Gasteiger partial charge in [0.25, 0.3) is 0 Å². The summed E-state index contributed by atoms with van der Waals surface area (Å²) in [4.78, 5) is 13.1. The molecule has 0 aliphatic heterocycles. The number of nitrogens with zero attached hydrogens (tertiary/aromatic N) is 3. The predicted molar refractivity (Wildman–Crippen MR) is 125 cm³/mol. The number of amides is 1. The Bertz CT molecular complexity index is 1320. The molecule has 32 heavy (non-hydrogen) atoms. The minimum atomic E-state index is -0.369. The second-order valence-corrected chi connectivity index (χ2v) is 9.00. The first-order chi connectivity index (χ1) is 15.4. The molecule has 4 aromatic rings. The van der Waals surface area contributed by atoms with Crippen molar-refractivity contribution < 1.29 is 9.90 Å². The van der Waals surface area contributed by atoms with Crippen LogP contribution in [-0.4, -0.2) is 25.4 Å². The zero-order chi connectivity index (χ0) is 22.4. The predicted octanol–water partition coefficient (Wildman–Crippen LogP) is 5.02. The largest absolute Gasteiger partial charge is 0.508 e. The molecule has 1 atom stereocenters. The molecule has 1 aliphatic rings. The van der Waals surface area contributed by atoms with Crippen LogP contribution in [0.1, 0.15) is 48.6 Å². The molecule has 1 amide bonds. The Morgan fingerprint density at radius 3 is 2.81 bits per heavy atom. The van der Waals surface area contributed by atoms with Crippen molar-refractivity contribution in [2.75, 3.05) is 0 Å². The molecule has 1 aliphatic carbocycles. The van der Waals surface area contributed by atoms with E-state index in [2.05, 4.69) is 11.4 Å². The van der Waals surface area contributed by atoms with Gasteiger partial charge in [0.15, 0.2) is 0 Å². The van der Waals surface area contributed by atoms with Crippen LogP contribution in [0, 0.1) is 0 Å². The number of hydrogen-bond acceptors (Lipinski definition) is 3. The Kier molecular flexibility index (Phi) is 5.18. The summed E-state index contributed by atoms with van der Waals surface area (Å²) >= 11 is 6.20. The summed E-state index contributed by atoms with van der Waals surface area (Å²) in [6.45, 7) is 2.25. The van der Waals surface area contributed by atoms with Crippen molar-refractivity contribution >= 4 is 28.4 Å². The number of aryl methyl sites for hydroxylation is 1. The minimum absolute atomic E-state index is 0.0762. The number of halogens is 1. The Hall–Kier alpha value is -3.25. The van der Waals surface area contributed by atoms with E-state index in [9.17, 15) is 9.90 Å². The van der Waals surface area contributed by atoms with Crippen LogP contribution >= 0.6 is 11.6 Å². The van der Waals surface area contributed by atoms with Gasteiger partial charge in [-0.15, -0.1) is 0 Å². The second-order valence-electron chi connectivity index (χ2n) is 8.56. The van der Waals surface area contributed by atoms with Gasteiger partial charge < -0.3 is 15.0 Å². The molecule has 0 spiro atoms. The maximum atomic E-state index is 13.1. The van der Waals surface area contributed by atoms with Gasteiger partial charge in [-0.3, -0.25) is 4.79 Å². The fourth-order valence-corrected chi connectivity index (χ4v) is 4.39. The molecule has 1 unspecified atom stereocenters. The van der Waals surface area contributed by atoms with E-state index in [0.717, 1.165) is 46.4 Å². The smallest absolute Gasteiger partial charge is 0.227 e. The monoisotopic (exact) mass is 448 g/mol. The van der Waals surface area contributed by atoms with E-state index in [-0.39, 0.29) is 17.6 Å². The van der Waals surface area contributed by atoms with E-state index in [0.29, 0.717) is 17.5 Å². The van der Waals surface area contributed by atoms with Crippen LogP contribution in [0.25, 0.3) is 16.6 Å². The van der Waals surface area contributed by atoms with Gasteiger partial charge in [0, 0.05) is 35.1 Å². The Balaban J connectivity index is 1.39. The lowest BCUT2D eigenvalue weighted by Gasteiger charge is -2.13. The van der Waals surface area contributed by atoms with Gasteiger partial charge in [0.05, 0.1) is 29.5 Å². The minimum Gasteiger partial charge on any atom is -0.508 e. The molecule has 0 saturated heterocycles. The summed E-state index contributed by atoms with van der Waals surface area (Å²) in [5.74, 6) is 0.251. The van der Waals surface area contributed by atoms with Crippen LogP contribution in [0.3, 0.4) is 0 Å². The van der Waals surface area contributed by atoms with Crippen molar-refractivity contribution in [3.05, 3.63) is 76.7 Å². The number of benzene rings is 2. The lowest BCUT2D eigenvalue weighted by molar-refractivity contribution is -0.122. The second kappa shape index (κ2) is 8.02. The summed E-state index contributed by atoms with van der Waals surface area (Å²) < 4.78 is 3.85. The fourth-order valence-electron chi connectivity index (χ4n) is 4.20. The van der Waals surface area contributed by atoms with Crippen molar-refractivity contribution in [1.82, 2.24) is 19.7 Å². The topological polar surface area (TPSA) is 72.1 Å². The molecule has 5 rings (SSSR count). The van der Waals surface area contributed by atoms with Crippen LogP contribution in [0.15, 0.2) is 54.7 Å². The maximum Gasteiger partial charge on any atom is 0.227 e. The lowest BCUT2D eigenvalue weighted by Crippen LogP contribution is -2.28. The summed E-state index contributed by atoms with van der Waals surface area (Å²) in [6, 6.07) is 14.9. The van der Waals surface area contributed by atoms with Crippen molar-refractivity contribution in [1.29, 1.82) is 0 Å². The maximum absolute atomic E-state index is 13.1. The van der Waals surface area contributed by atoms with Crippen LogP contribution in [0.5, 0.6) is 5.75 Å². The van der Waals surface area contributed by atoms with Crippen molar-refractivity contribution in [2.45, 2.75) is 38.1 Å². The van der Waals surface area contributed by atoms with Crippen LogP contribution < -0.4 is 5.32 Å². The average molecular weight is 449 g/mol. The molecular formula is C25H25ClN4O2. The van der Waals surface area contributed by atoms with Gasteiger partial charge in [-0.1, -0.05) is 17.7 Å². The number of carbonyl (C=O) groups excluding carboxylic acids is 1. The van der Waals surface area contributed by atoms with E-state index >= 15 is 0 Å². The molecule has 0 bridgehead atoms. The molecule has 2 heterocycles. The molecule has 2 aromatic carbocycles. The van der Waals surface area contributed by atoms with Crippen molar-refractivity contribution in [3.63, 3.8) is 0 Å². The van der Waals surface area contributed by atoms with Gasteiger partial charge in [-0.05, 0) is 67.8 Å². The van der Waals surface area contributed by atoms with Gasteiger partial charge >= 0.3 is 0 Å². The molecule has 6 nitrogen and oxygen atoms in total. The van der Waals surface area contributed by atoms with E-state index in [1.54, 1.807) is 12.1 Å². The number of aromatic nitrogens is 3. The quantitative estimate of drug-likeness (QED) is 0.435. The Labute approximate surface area is 191 Å². The number of phenolic OH excluding ortho intramolecular Hbond substituents is 1. The normalized spacial score (nSPS) is 14.6. The van der Waals surface area contributed by atoms with Gasteiger partial charge in [0.1, 0.15) is 5.75 Å². The van der Waals surface area contributed by atoms with E-state index in [1.165, 1.54) is 0 Å². The van der Waals surface area contributed by atoms with E-state index in [1.807, 2.05) is 59.7 Å². The summed E-state index contributed by atoms with van der Waals surface area (Å²) in [6.07, 6.45) is 4.27. The summed E-state index contributed by atoms with van der Waals surface area (Å²) in [5.41, 5.74) is 4.73. The number of nitrogens with one attached hydrogen (secondary N) is 1. The van der Waals surface area contributed by atoms with E-state index in [4.69, 9.17) is 16.7 Å². The lowest BCUT2D eigenvalue weighted by atomic mass is 9.99. The standard InChI is InChI=1S/C25H25ClN4O2/c1-15(22-14-29(2)24-9-8-20(31)12-21(22)24)25(32)27-13-19-11-23(16-6-7-16)28-30(19)18-5-3-4-17(26)10-18/h3-5,8-12,14-16,31H,6-7,13H2,1-2H3,(H,27,32). The van der Waals surface area contributed by atoms with E-state index < -0.39 is 0 Å². The fraction of sp³-hybridized carbons (Fsp3) is 0.280. The molecule has 1 fully saturated rings. The number of aromatic hydroxyl groups is 1. The van der Waals surface area contributed by atoms with Gasteiger partial charge in [-0.2, -0.15) is 5.10 Å². The van der Waals surface area contributed by atoms with Crippen molar-refractivity contribution in [2.24, 2.45) is 7.05 Å². The van der Waals surface area contributed by atoms with Crippen LogP contribution in [0.4, 0.5) is 0 Å². The molecule has 164 valence electrons. The highest BCUT2D eigenvalue weighted by atomic mass is 35.5. The third kappa shape index (κ3) is 3.86. The SMILES string of the molecule is CC(C(=O)NCc1cc(C2CC2)nn1-c1cccc(Cl)c1)c1cn(C)c2ccc(O)cc12. The third-order valence-corrected chi connectivity index (χ3v) is 6.39. The molecule has 7 heteroatoms. The molecule has 2 N–H and O–H groups in total. The first-order valence-corrected chi connectivity index (χ1v) is 11.2. The van der Waals surface area contributed by atoms with Crippen LogP contribution in [0.2, 0.25) is 5.02 Å². The third-order valence-electron chi connectivity index (χ3n) is 6.16. The highest BCUT2D eigenvalue weighted by Gasteiger charge is 2.28. The number of rotatable bonds is 6. The Morgan fingerprint density at radius 1 is 1.25 bits per heavy atom. The molecular weight excluding hydrogens is 424 g/mol. The zero-order valence-corrected chi connectivity index (χ0v) is 18.8. The zero-order valence-electron chi connectivity index (χ0n) is 18.0. The Morgan fingerprint density at radius 2 is 2.06 bits per heavy atom. The number of phenols is 1. The van der Waals surface area contributed by atoms with Gasteiger partial charge in [0.2, 0.25) is 5.91 Å². The number of hydrogen-bond donors (Lipinski definition) is 2. The summed E-state index contributed by atoms with van der Waals surface area (Å²) in [5, 5.41) is 19.3. The summed E-state index contributed by atoms with van der Waals surface area (Å²) in [7, 11) is 1.94. The molecule has 2 aromatic heterocycles. The first kappa shape index (κ1) is 20.6. The highest BCUT2D eigenvalue weighted by Crippen LogP contribution is 2.40. The first-order valence-electron chi connectivity index (χ1n) is 10.8.